The van der Waals surface area contributed by atoms with Crippen LogP contribution in [0.4, 0.5) is 0 Å². The third-order valence-corrected chi connectivity index (χ3v) is 5.26. The summed E-state index contributed by atoms with van der Waals surface area (Å²) in [6.07, 6.45) is 5.62. The minimum atomic E-state index is -0.579. The number of rotatable bonds is 3. The van der Waals surface area contributed by atoms with Crippen molar-refractivity contribution in [3.8, 4) is 0 Å². The van der Waals surface area contributed by atoms with E-state index < -0.39 is 5.97 Å². The molecule has 1 aliphatic carbocycles. The summed E-state index contributed by atoms with van der Waals surface area (Å²) in [5, 5.41) is 8.98. The monoisotopic (exact) mass is 366 g/mol. The van der Waals surface area contributed by atoms with E-state index in [4.69, 9.17) is 15.1 Å². The summed E-state index contributed by atoms with van der Waals surface area (Å²) >= 11 is 0. The van der Waals surface area contributed by atoms with Crippen LogP contribution in [0.5, 0.6) is 0 Å². The number of aromatic nitrogens is 3. The Balaban J connectivity index is 2.15. The van der Waals surface area contributed by atoms with Crippen LogP contribution in [0.1, 0.15) is 54.6 Å². The van der Waals surface area contributed by atoms with Gasteiger partial charge in [0.05, 0.1) is 12.0 Å². The van der Waals surface area contributed by atoms with E-state index in [0.29, 0.717) is 16.7 Å². The molecule has 0 amide bonds. The largest absolute Gasteiger partial charge is 0.462 e. The van der Waals surface area contributed by atoms with Crippen LogP contribution in [0.2, 0.25) is 0 Å². The van der Waals surface area contributed by atoms with Crippen LogP contribution in [-0.2, 0) is 4.74 Å². The molecular formula is C20H22N4O3. The first-order valence-corrected chi connectivity index (χ1v) is 9.32. The number of hydrogen-bond donors (Lipinski definition) is 1. The fourth-order valence-electron chi connectivity index (χ4n) is 3.94. The third kappa shape index (κ3) is 2.74. The van der Waals surface area contributed by atoms with Crippen LogP contribution in [0.15, 0.2) is 29.2 Å². The molecule has 0 radical (unpaired) electrons. The van der Waals surface area contributed by atoms with E-state index in [1.807, 2.05) is 13.0 Å². The maximum atomic E-state index is 13.1. The minimum Gasteiger partial charge on any atom is -0.462 e. The zero-order chi connectivity index (χ0) is 19.1. The average molecular weight is 366 g/mol. The Morgan fingerprint density at radius 2 is 2.07 bits per heavy atom. The predicted molar refractivity (Wildman–Crippen MR) is 101 cm³/mol. The van der Waals surface area contributed by atoms with Gasteiger partial charge in [0.15, 0.2) is 0 Å². The van der Waals surface area contributed by atoms with Gasteiger partial charge >= 0.3 is 5.97 Å². The summed E-state index contributed by atoms with van der Waals surface area (Å²) in [4.78, 5) is 30.3. The Morgan fingerprint density at radius 1 is 1.33 bits per heavy atom. The number of carbonyl (C=O) groups excluding carboxylic acids is 1. The topological polar surface area (TPSA) is 89.4 Å². The number of aryl methyl sites for hydroxylation is 1. The van der Waals surface area contributed by atoms with E-state index in [1.54, 1.807) is 23.8 Å². The van der Waals surface area contributed by atoms with Crippen molar-refractivity contribution in [2.45, 2.75) is 45.6 Å². The fourth-order valence-corrected chi connectivity index (χ4v) is 3.94. The van der Waals surface area contributed by atoms with Crippen molar-refractivity contribution < 1.29 is 9.53 Å². The second-order valence-corrected chi connectivity index (χ2v) is 6.97. The molecule has 0 aromatic carbocycles. The Kier molecular flexibility index (Phi) is 4.30. The van der Waals surface area contributed by atoms with Gasteiger partial charge in [-0.25, -0.2) is 9.78 Å². The summed E-state index contributed by atoms with van der Waals surface area (Å²) in [5.74, 6) is -0.579. The highest BCUT2D eigenvalue weighted by Crippen LogP contribution is 2.30. The molecule has 1 N–H and O–H groups in total. The molecular weight excluding hydrogens is 344 g/mol. The second kappa shape index (κ2) is 6.64. The van der Waals surface area contributed by atoms with Gasteiger partial charge < -0.3 is 9.30 Å². The molecule has 7 heteroatoms. The number of hydrogen-bond acceptors (Lipinski definition) is 5. The lowest BCUT2D eigenvalue weighted by Crippen LogP contribution is -2.32. The molecule has 0 bridgehead atoms. The van der Waals surface area contributed by atoms with Gasteiger partial charge in [-0.2, -0.15) is 0 Å². The van der Waals surface area contributed by atoms with Crippen molar-refractivity contribution >= 4 is 22.6 Å². The summed E-state index contributed by atoms with van der Waals surface area (Å²) in [5.41, 5.74) is 1.87. The molecule has 1 fully saturated rings. The molecule has 3 heterocycles. The molecule has 7 nitrogen and oxygen atoms in total. The van der Waals surface area contributed by atoms with Gasteiger partial charge in [0.2, 0.25) is 0 Å². The summed E-state index contributed by atoms with van der Waals surface area (Å²) in [6.45, 7) is 3.84. The SMILES string of the molecule is CCOC(=O)c1cc2c(=O)n3cccc(C)c3nc2n(C2CCCC2)c1=N. The zero-order valence-electron chi connectivity index (χ0n) is 15.5. The number of pyridine rings is 2. The molecule has 0 unspecified atom stereocenters. The molecule has 0 atom stereocenters. The Hall–Kier alpha value is -2.96. The first kappa shape index (κ1) is 17.5. The fraction of sp³-hybridized carbons (Fsp3) is 0.400. The van der Waals surface area contributed by atoms with Crippen LogP contribution in [0.25, 0.3) is 16.7 Å². The number of nitrogens with one attached hydrogen (secondary N) is 1. The van der Waals surface area contributed by atoms with Crippen molar-refractivity contribution in [1.82, 2.24) is 14.0 Å². The molecule has 0 saturated heterocycles. The van der Waals surface area contributed by atoms with Gasteiger partial charge in [-0.15, -0.1) is 0 Å². The van der Waals surface area contributed by atoms with Crippen molar-refractivity contribution in [3.63, 3.8) is 0 Å². The standard InChI is InChI=1S/C20H22N4O3/c1-3-27-20(26)14-11-15-18(24(16(14)21)13-8-4-5-9-13)22-17-12(2)7-6-10-23(17)19(15)25/h6-7,10-11,13,21H,3-5,8-9H2,1-2H3. The zero-order valence-corrected chi connectivity index (χ0v) is 15.5. The molecule has 1 saturated carbocycles. The normalized spacial score (nSPS) is 14.9. The van der Waals surface area contributed by atoms with E-state index in [2.05, 4.69) is 0 Å². The van der Waals surface area contributed by atoms with Gasteiger partial charge in [0.1, 0.15) is 22.3 Å². The van der Waals surface area contributed by atoms with Crippen molar-refractivity contribution in [3.05, 3.63) is 51.4 Å². The summed E-state index contributed by atoms with van der Waals surface area (Å²) in [6, 6.07) is 5.23. The second-order valence-electron chi connectivity index (χ2n) is 6.97. The van der Waals surface area contributed by atoms with Gasteiger partial charge in [-0.1, -0.05) is 18.9 Å². The van der Waals surface area contributed by atoms with Crippen LogP contribution in [0.3, 0.4) is 0 Å². The van der Waals surface area contributed by atoms with Gasteiger partial charge in [0.25, 0.3) is 5.56 Å². The predicted octanol–water partition coefficient (Wildman–Crippen LogP) is 2.73. The average Bonchev–Trinajstić information content (AvgIpc) is 3.17. The quantitative estimate of drug-likeness (QED) is 0.570. The lowest BCUT2D eigenvalue weighted by Gasteiger charge is -2.19. The van der Waals surface area contributed by atoms with E-state index >= 15 is 0 Å². The number of ether oxygens (including phenoxy) is 1. The maximum Gasteiger partial charge on any atom is 0.341 e. The molecule has 1 aliphatic rings. The first-order chi connectivity index (χ1) is 13.0. The molecule has 4 rings (SSSR count). The number of fused-ring (bicyclic) bond motifs is 2. The van der Waals surface area contributed by atoms with E-state index in [-0.39, 0.29) is 29.3 Å². The Morgan fingerprint density at radius 3 is 2.78 bits per heavy atom. The molecule has 3 aromatic rings. The minimum absolute atomic E-state index is 0.0627. The number of nitrogens with zero attached hydrogens (tertiary/aromatic N) is 3. The molecule has 0 spiro atoms. The lowest BCUT2D eigenvalue weighted by atomic mass is 10.1. The highest BCUT2D eigenvalue weighted by molar-refractivity contribution is 5.93. The van der Waals surface area contributed by atoms with Crippen molar-refractivity contribution in [2.24, 2.45) is 0 Å². The lowest BCUT2D eigenvalue weighted by molar-refractivity contribution is 0.0523. The van der Waals surface area contributed by atoms with Gasteiger partial charge in [0, 0.05) is 12.2 Å². The molecule has 3 aromatic heterocycles. The Bertz CT molecular complexity index is 1170. The summed E-state index contributed by atoms with van der Waals surface area (Å²) in [7, 11) is 0. The van der Waals surface area contributed by atoms with E-state index in [0.717, 1.165) is 31.2 Å². The van der Waals surface area contributed by atoms with Crippen molar-refractivity contribution in [2.75, 3.05) is 6.61 Å². The van der Waals surface area contributed by atoms with Crippen LogP contribution < -0.4 is 11.0 Å². The highest BCUT2D eigenvalue weighted by atomic mass is 16.5. The third-order valence-electron chi connectivity index (χ3n) is 5.26. The summed E-state index contributed by atoms with van der Waals surface area (Å²) < 4.78 is 8.38. The molecule has 140 valence electrons. The first-order valence-electron chi connectivity index (χ1n) is 9.32. The van der Waals surface area contributed by atoms with Crippen LogP contribution >= 0.6 is 0 Å². The smallest absolute Gasteiger partial charge is 0.341 e. The van der Waals surface area contributed by atoms with Crippen LogP contribution in [-0.4, -0.2) is 26.5 Å². The van der Waals surface area contributed by atoms with Gasteiger partial charge in [-0.3, -0.25) is 14.6 Å². The number of esters is 1. The molecule has 27 heavy (non-hydrogen) atoms. The van der Waals surface area contributed by atoms with E-state index in [1.165, 1.54) is 10.5 Å². The van der Waals surface area contributed by atoms with Gasteiger partial charge in [-0.05, 0) is 44.4 Å². The number of carbonyl (C=O) groups is 1. The van der Waals surface area contributed by atoms with E-state index in [9.17, 15) is 9.59 Å². The maximum absolute atomic E-state index is 13.1. The highest BCUT2D eigenvalue weighted by Gasteiger charge is 2.24. The van der Waals surface area contributed by atoms with Crippen molar-refractivity contribution in [1.29, 1.82) is 5.41 Å². The van der Waals surface area contributed by atoms with Crippen LogP contribution in [0, 0.1) is 12.3 Å². The Labute approximate surface area is 155 Å². The molecule has 0 aliphatic heterocycles.